The van der Waals surface area contributed by atoms with Crippen molar-refractivity contribution in [3.63, 3.8) is 0 Å². The number of hydrogen-bond donors (Lipinski definition) is 2. The number of nitrogens with zero attached hydrogens (tertiary/aromatic N) is 1. The zero-order valence-corrected chi connectivity index (χ0v) is 9.18. The second-order valence-electron chi connectivity index (χ2n) is 4.36. The van der Waals surface area contributed by atoms with Crippen molar-refractivity contribution in [2.45, 2.75) is 18.8 Å². The number of aromatic carboxylic acids is 1. The molecule has 0 spiro atoms. The van der Waals surface area contributed by atoms with E-state index in [1.807, 2.05) is 12.1 Å². The standard InChI is InChI=1S/C13H12N2O2/c16-13(17)11-7-14-12(15-11)10-5-8-3-1-2-4-9(8)6-10/h1-4,7,10H,5-6H2,(H,14,15)(H,16,17). The molecule has 0 amide bonds. The molecule has 1 aromatic carbocycles. The third-order valence-corrected chi connectivity index (χ3v) is 3.26. The van der Waals surface area contributed by atoms with E-state index in [0.717, 1.165) is 18.7 Å². The van der Waals surface area contributed by atoms with Crippen LogP contribution in [0.25, 0.3) is 0 Å². The van der Waals surface area contributed by atoms with E-state index in [1.54, 1.807) is 0 Å². The zero-order chi connectivity index (χ0) is 11.8. The molecule has 4 nitrogen and oxygen atoms in total. The van der Waals surface area contributed by atoms with Crippen LogP contribution in [0, 0.1) is 0 Å². The lowest BCUT2D eigenvalue weighted by Gasteiger charge is -2.03. The molecule has 2 aromatic rings. The van der Waals surface area contributed by atoms with Gasteiger partial charge in [-0.15, -0.1) is 0 Å². The molecule has 0 fully saturated rings. The van der Waals surface area contributed by atoms with Crippen LogP contribution >= 0.6 is 0 Å². The van der Waals surface area contributed by atoms with Crippen LogP contribution in [-0.4, -0.2) is 21.0 Å². The molecule has 0 bridgehead atoms. The van der Waals surface area contributed by atoms with Crippen molar-refractivity contribution in [3.8, 4) is 0 Å². The highest BCUT2D eigenvalue weighted by molar-refractivity contribution is 5.85. The molecule has 0 unspecified atom stereocenters. The number of nitrogens with one attached hydrogen (secondary N) is 1. The molecule has 4 heteroatoms. The van der Waals surface area contributed by atoms with Crippen LogP contribution in [-0.2, 0) is 12.8 Å². The number of benzene rings is 1. The Bertz CT molecular complexity index is 549. The first-order valence-corrected chi connectivity index (χ1v) is 5.59. The minimum atomic E-state index is -0.959. The number of aromatic amines is 1. The number of carboxylic acids is 1. The maximum Gasteiger partial charge on any atom is 0.353 e. The Balaban J connectivity index is 1.86. The quantitative estimate of drug-likeness (QED) is 0.826. The van der Waals surface area contributed by atoms with E-state index in [1.165, 1.54) is 17.3 Å². The monoisotopic (exact) mass is 228 g/mol. The fourth-order valence-corrected chi connectivity index (χ4v) is 2.40. The number of H-pyrrole nitrogens is 1. The van der Waals surface area contributed by atoms with Crippen LogP contribution in [0.1, 0.15) is 33.4 Å². The van der Waals surface area contributed by atoms with Gasteiger partial charge in [0.2, 0.25) is 0 Å². The van der Waals surface area contributed by atoms with Gasteiger partial charge in [-0.25, -0.2) is 9.78 Å². The van der Waals surface area contributed by atoms with Crippen LogP contribution < -0.4 is 0 Å². The van der Waals surface area contributed by atoms with Crippen LogP contribution in [0.5, 0.6) is 0 Å². The smallest absolute Gasteiger partial charge is 0.353 e. The van der Waals surface area contributed by atoms with Crippen molar-refractivity contribution in [1.29, 1.82) is 0 Å². The van der Waals surface area contributed by atoms with Gasteiger partial charge in [0.05, 0.1) is 6.20 Å². The summed E-state index contributed by atoms with van der Waals surface area (Å²) in [6.07, 6.45) is 3.26. The number of rotatable bonds is 2. The van der Waals surface area contributed by atoms with Crippen LogP contribution in [0.3, 0.4) is 0 Å². The first kappa shape index (κ1) is 10.1. The highest BCUT2D eigenvalue weighted by Gasteiger charge is 2.25. The summed E-state index contributed by atoms with van der Waals surface area (Å²) in [6, 6.07) is 8.31. The lowest BCUT2D eigenvalue weighted by molar-refractivity contribution is 0.0691. The number of carbonyl (C=O) groups is 1. The van der Waals surface area contributed by atoms with E-state index in [0.29, 0.717) is 0 Å². The SMILES string of the molecule is O=C(O)c1cnc(C2Cc3ccccc3C2)[nH]1. The van der Waals surface area contributed by atoms with E-state index in [2.05, 4.69) is 22.1 Å². The molecular weight excluding hydrogens is 216 g/mol. The van der Waals surface area contributed by atoms with Crippen molar-refractivity contribution >= 4 is 5.97 Å². The highest BCUT2D eigenvalue weighted by Crippen LogP contribution is 2.32. The molecule has 1 aliphatic rings. The van der Waals surface area contributed by atoms with E-state index in [-0.39, 0.29) is 11.6 Å². The Morgan fingerprint density at radius 3 is 2.47 bits per heavy atom. The molecule has 0 saturated carbocycles. The van der Waals surface area contributed by atoms with Crippen molar-refractivity contribution < 1.29 is 9.90 Å². The number of hydrogen-bond acceptors (Lipinski definition) is 2. The third kappa shape index (κ3) is 1.71. The van der Waals surface area contributed by atoms with Gasteiger partial charge in [0.25, 0.3) is 0 Å². The van der Waals surface area contributed by atoms with Gasteiger partial charge in [-0.2, -0.15) is 0 Å². The van der Waals surface area contributed by atoms with E-state index < -0.39 is 5.97 Å². The Kier molecular flexibility index (Phi) is 2.21. The number of fused-ring (bicyclic) bond motifs is 1. The van der Waals surface area contributed by atoms with Gasteiger partial charge in [0.1, 0.15) is 11.5 Å². The lowest BCUT2D eigenvalue weighted by Crippen LogP contribution is -2.02. The summed E-state index contributed by atoms with van der Waals surface area (Å²) < 4.78 is 0. The molecular formula is C13H12N2O2. The molecule has 0 saturated heterocycles. The van der Waals surface area contributed by atoms with E-state index in [4.69, 9.17) is 5.11 Å². The first-order chi connectivity index (χ1) is 8.24. The summed E-state index contributed by atoms with van der Waals surface area (Å²) in [5, 5.41) is 8.84. The number of carboxylic acid groups (broad SMARTS) is 1. The number of aromatic nitrogens is 2. The second-order valence-corrected chi connectivity index (χ2v) is 4.36. The third-order valence-electron chi connectivity index (χ3n) is 3.26. The van der Waals surface area contributed by atoms with Gasteiger partial charge in [-0.3, -0.25) is 0 Å². The molecule has 1 heterocycles. The maximum atomic E-state index is 10.8. The molecule has 0 radical (unpaired) electrons. The van der Waals surface area contributed by atoms with E-state index in [9.17, 15) is 4.79 Å². The average molecular weight is 228 g/mol. The molecule has 0 aliphatic heterocycles. The molecule has 1 aliphatic carbocycles. The van der Waals surface area contributed by atoms with Crippen molar-refractivity contribution in [3.05, 3.63) is 53.1 Å². The van der Waals surface area contributed by atoms with Crippen LogP contribution in [0.2, 0.25) is 0 Å². The summed E-state index contributed by atoms with van der Waals surface area (Å²) in [5.74, 6) is 0.0957. The normalized spacial score (nSPS) is 14.8. The second kappa shape index (κ2) is 3.73. The Morgan fingerprint density at radius 1 is 1.29 bits per heavy atom. The minimum absolute atomic E-state index is 0.163. The van der Waals surface area contributed by atoms with Crippen molar-refractivity contribution in [2.24, 2.45) is 0 Å². The minimum Gasteiger partial charge on any atom is -0.477 e. The van der Waals surface area contributed by atoms with Gasteiger partial charge in [0.15, 0.2) is 0 Å². The number of imidazole rings is 1. The summed E-state index contributed by atoms with van der Waals surface area (Å²) in [5.41, 5.74) is 2.84. The van der Waals surface area contributed by atoms with Gasteiger partial charge >= 0.3 is 5.97 Å². The van der Waals surface area contributed by atoms with Gasteiger partial charge in [-0.1, -0.05) is 24.3 Å². The van der Waals surface area contributed by atoms with Gasteiger partial charge in [0, 0.05) is 5.92 Å². The predicted octanol–water partition coefficient (Wildman–Crippen LogP) is 1.99. The summed E-state index contributed by atoms with van der Waals surface area (Å²) >= 11 is 0. The summed E-state index contributed by atoms with van der Waals surface area (Å²) in [6.45, 7) is 0. The average Bonchev–Trinajstić information content (AvgIpc) is 2.95. The molecule has 86 valence electrons. The Labute approximate surface area is 98.3 Å². The Morgan fingerprint density at radius 2 is 1.94 bits per heavy atom. The predicted molar refractivity (Wildman–Crippen MR) is 62.1 cm³/mol. The van der Waals surface area contributed by atoms with Gasteiger partial charge in [-0.05, 0) is 24.0 Å². The fourth-order valence-electron chi connectivity index (χ4n) is 2.40. The fraction of sp³-hybridized carbons (Fsp3) is 0.231. The topological polar surface area (TPSA) is 66.0 Å². The molecule has 3 rings (SSSR count). The molecule has 1 aromatic heterocycles. The molecule has 17 heavy (non-hydrogen) atoms. The first-order valence-electron chi connectivity index (χ1n) is 5.59. The van der Waals surface area contributed by atoms with Crippen molar-refractivity contribution in [2.75, 3.05) is 0 Å². The Hall–Kier alpha value is -2.10. The molecule has 2 N–H and O–H groups in total. The molecule has 0 atom stereocenters. The van der Waals surface area contributed by atoms with Crippen LogP contribution in [0.4, 0.5) is 0 Å². The largest absolute Gasteiger partial charge is 0.477 e. The summed E-state index contributed by atoms with van der Waals surface area (Å²) in [4.78, 5) is 17.8. The van der Waals surface area contributed by atoms with Gasteiger partial charge < -0.3 is 10.1 Å². The maximum absolute atomic E-state index is 10.8. The zero-order valence-electron chi connectivity index (χ0n) is 9.18. The summed E-state index contributed by atoms with van der Waals surface area (Å²) in [7, 11) is 0. The van der Waals surface area contributed by atoms with Crippen molar-refractivity contribution in [1.82, 2.24) is 9.97 Å². The van der Waals surface area contributed by atoms with E-state index >= 15 is 0 Å². The van der Waals surface area contributed by atoms with Crippen LogP contribution in [0.15, 0.2) is 30.5 Å². The lowest BCUT2D eigenvalue weighted by atomic mass is 10.1. The highest BCUT2D eigenvalue weighted by atomic mass is 16.4.